The Labute approximate surface area is 157 Å². The van der Waals surface area contributed by atoms with Crippen LogP contribution in [0.2, 0.25) is 0 Å². The van der Waals surface area contributed by atoms with Crippen molar-refractivity contribution >= 4 is 27.9 Å². The average molecular weight is 359 g/mol. The van der Waals surface area contributed by atoms with Gasteiger partial charge in [-0.2, -0.15) is 0 Å². The molecule has 0 spiro atoms. The summed E-state index contributed by atoms with van der Waals surface area (Å²) in [5.74, 6) is 1.29. The molecule has 0 bridgehead atoms. The number of furan rings is 1. The Hall–Kier alpha value is -2.92. The van der Waals surface area contributed by atoms with Crippen LogP contribution in [0.5, 0.6) is 0 Å². The molecule has 4 aromatic rings. The first kappa shape index (κ1) is 16.3. The SMILES string of the molecule is c1ccc(C(CC2CCOC2)Nc2ncnc3c2oc2ccccc23)cc1. The fraction of sp³-hybridized carbons (Fsp3) is 0.273. The van der Waals surface area contributed by atoms with Crippen molar-refractivity contribution < 1.29 is 9.15 Å². The maximum absolute atomic E-state index is 6.08. The van der Waals surface area contributed by atoms with Crippen LogP contribution in [-0.2, 0) is 4.74 Å². The topological polar surface area (TPSA) is 60.2 Å². The van der Waals surface area contributed by atoms with E-state index in [4.69, 9.17) is 9.15 Å². The van der Waals surface area contributed by atoms with Crippen LogP contribution in [0.4, 0.5) is 5.82 Å². The van der Waals surface area contributed by atoms with Gasteiger partial charge in [-0.3, -0.25) is 0 Å². The number of hydrogen-bond acceptors (Lipinski definition) is 5. The summed E-state index contributed by atoms with van der Waals surface area (Å²) in [6, 6.07) is 18.6. The van der Waals surface area contributed by atoms with Gasteiger partial charge in [-0.25, -0.2) is 9.97 Å². The van der Waals surface area contributed by atoms with Crippen molar-refractivity contribution in [2.24, 2.45) is 5.92 Å². The van der Waals surface area contributed by atoms with Crippen LogP contribution < -0.4 is 5.32 Å². The highest BCUT2D eigenvalue weighted by molar-refractivity contribution is 6.05. The number of fused-ring (bicyclic) bond motifs is 3. The van der Waals surface area contributed by atoms with E-state index in [9.17, 15) is 0 Å². The lowest BCUT2D eigenvalue weighted by Gasteiger charge is -2.22. The molecule has 136 valence electrons. The third kappa shape index (κ3) is 3.15. The summed E-state index contributed by atoms with van der Waals surface area (Å²) in [6.07, 6.45) is 3.71. The number of hydrogen-bond donors (Lipinski definition) is 1. The van der Waals surface area contributed by atoms with Crippen LogP contribution in [0.25, 0.3) is 22.1 Å². The Kier molecular flexibility index (Phi) is 4.22. The lowest BCUT2D eigenvalue weighted by molar-refractivity contribution is 0.183. The summed E-state index contributed by atoms with van der Waals surface area (Å²) < 4.78 is 11.7. The molecule has 0 aliphatic carbocycles. The Morgan fingerprint density at radius 3 is 2.74 bits per heavy atom. The maximum atomic E-state index is 6.08. The molecule has 0 radical (unpaired) electrons. The molecule has 2 unspecified atom stereocenters. The molecule has 3 heterocycles. The number of nitrogens with one attached hydrogen (secondary N) is 1. The summed E-state index contributed by atoms with van der Waals surface area (Å²) >= 11 is 0. The molecule has 5 heteroatoms. The van der Waals surface area contributed by atoms with Gasteiger partial charge in [0.15, 0.2) is 11.4 Å². The van der Waals surface area contributed by atoms with Gasteiger partial charge in [-0.05, 0) is 36.5 Å². The van der Waals surface area contributed by atoms with Crippen LogP contribution >= 0.6 is 0 Å². The normalized spacial score (nSPS) is 18.1. The van der Waals surface area contributed by atoms with Crippen molar-refractivity contribution in [3.8, 4) is 0 Å². The first-order valence-corrected chi connectivity index (χ1v) is 9.40. The van der Waals surface area contributed by atoms with E-state index in [-0.39, 0.29) is 6.04 Å². The molecule has 1 aliphatic rings. The van der Waals surface area contributed by atoms with Crippen LogP contribution in [0.3, 0.4) is 0 Å². The van der Waals surface area contributed by atoms with Gasteiger partial charge in [-0.1, -0.05) is 42.5 Å². The predicted octanol–water partition coefficient (Wildman–Crippen LogP) is 4.96. The van der Waals surface area contributed by atoms with Crippen molar-refractivity contribution in [3.05, 3.63) is 66.5 Å². The summed E-state index contributed by atoms with van der Waals surface area (Å²) in [7, 11) is 0. The van der Waals surface area contributed by atoms with Gasteiger partial charge in [0.05, 0.1) is 6.04 Å². The minimum absolute atomic E-state index is 0.143. The van der Waals surface area contributed by atoms with Crippen LogP contribution in [0, 0.1) is 5.92 Å². The number of anilines is 1. The fourth-order valence-corrected chi connectivity index (χ4v) is 3.86. The molecule has 5 nitrogen and oxygen atoms in total. The zero-order valence-electron chi connectivity index (χ0n) is 15.0. The summed E-state index contributed by atoms with van der Waals surface area (Å²) in [5.41, 5.74) is 3.63. The molecule has 0 saturated carbocycles. The minimum Gasteiger partial charge on any atom is -0.450 e. The number of nitrogens with zero attached hydrogens (tertiary/aromatic N) is 2. The summed E-state index contributed by atoms with van der Waals surface area (Å²) in [6.45, 7) is 1.68. The Bertz CT molecular complexity index is 1050. The molecular weight excluding hydrogens is 338 g/mol. The predicted molar refractivity (Wildman–Crippen MR) is 106 cm³/mol. The average Bonchev–Trinajstić information content (AvgIpc) is 3.36. The van der Waals surface area contributed by atoms with Crippen molar-refractivity contribution in [1.29, 1.82) is 0 Å². The van der Waals surface area contributed by atoms with E-state index in [2.05, 4.69) is 39.6 Å². The molecule has 2 atom stereocenters. The van der Waals surface area contributed by atoms with Gasteiger partial charge in [0.2, 0.25) is 0 Å². The van der Waals surface area contributed by atoms with E-state index < -0.39 is 0 Å². The van der Waals surface area contributed by atoms with Gasteiger partial charge in [-0.15, -0.1) is 0 Å². The van der Waals surface area contributed by atoms with Crippen molar-refractivity contribution in [2.45, 2.75) is 18.9 Å². The van der Waals surface area contributed by atoms with Gasteiger partial charge in [0.25, 0.3) is 0 Å². The van der Waals surface area contributed by atoms with E-state index >= 15 is 0 Å². The third-order valence-corrected chi connectivity index (χ3v) is 5.26. The molecule has 2 aromatic carbocycles. The quantitative estimate of drug-likeness (QED) is 0.546. The van der Waals surface area contributed by atoms with E-state index in [0.29, 0.717) is 11.5 Å². The molecule has 5 rings (SSSR count). The highest BCUT2D eigenvalue weighted by Gasteiger charge is 2.23. The zero-order chi connectivity index (χ0) is 18.1. The number of rotatable bonds is 5. The first-order chi connectivity index (χ1) is 13.4. The standard InChI is InChI=1S/C22H21N3O2/c1-2-6-16(7-3-1)18(12-15-10-11-26-13-15)25-22-21-20(23-14-24-22)17-8-4-5-9-19(17)27-21/h1-9,14-15,18H,10-13H2,(H,23,24,25). The minimum atomic E-state index is 0.143. The van der Waals surface area contributed by atoms with Gasteiger partial charge in [0.1, 0.15) is 17.4 Å². The van der Waals surface area contributed by atoms with Crippen LogP contribution in [0.15, 0.2) is 65.3 Å². The van der Waals surface area contributed by atoms with E-state index in [1.54, 1.807) is 6.33 Å². The van der Waals surface area contributed by atoms with E-state index in [1.165, 1.54) is 5.56 Å². The second kappa shape index (κ2) is 7.00. The van der Waals surface area contributed by atoms with E-state index in [1.807, 2.05) is 30.3 Å². The summed E-state index contributed by atoms with van der Waals surface area (Å²) in [5, 5.41) is 4.64. The number of para-hydroxylation sites is 1. The maximum Gasteiger partial charge on any atom is 0.196 e. The molecule has 2 aromatic heterocycles. The van der Waals surface area contributed by atoms with Crippen molar-refractivity contribution in [3.63, 3.8) is 0 Å². The highest BCUT2D eigenvalue weighted by atomic mass is 16.5. The third-order valence-electron chi connectivity index (χ3n) is 5.26. The monoisotopic (exact) mass is 359 g/mol. The second-order valence-electron chi connectivity index (χ2n) is 7.07. The second-order valence-corrected chi connectivity index (χ2v) is 7.07. The van der Waals surface area contributed by atoms with Gasteiger partial charge < -0.3 is 14.5 Å². The Morgan fingerprint density at radius 2 is 1.89 bits per heavy atom. The van der Waals surface area contributed by atoms with Gasteiger partial charge in [0, 0.05) is 18.6 Å². The molecule has 27 heavy (non-hydrogen) atoms. The highest BCUT2D eigenvalue weighted by Crippen LogP contribution is 2.34. The largest absolute Gasteiger partial charge is 0.450 e. The Morgan fingerprint density at radius 1 is 1.04 bits per heavy atom. The molecule has 1 saturated heterocycles. The first-order valence-electron chi connectivity index (χ1n) is 9.40. The summed E-state index contributed by atoms with van der Waals surface area (Å²) in [4.78, 5) is 8.94. The Balaban J connectivity index is 1.53. The van der Waals surface area contributed by atoms with Crippen molar-refractivity contribution in [1.82, 2.24) is 9.97 Å². The molecule has 1 N–H and O–H groups in total. The van der Waals surface area contributed by atoms with Crippen molar-refractivity contribution in [2.75, 3.05) is 18.5 Å². The number of aromatic nitrogens is 2. The van der Waals surface area contributed by atoms with E-state index in [0.717, 1.165) is 48.4 Å². The fourth-order valence-electron chi connectivity index (χ4n) is 3.86. The van der Waals surface area contributed by atoms with Gasteiger partial charge >= 0.3 is 0 Å². The number of benzene rings is 2. The molecule has 0 amide bonds. The molecule has 1 aliphatic heterocycles. The number of ether oxygens (including phenoxy) is 1. The van der Waals surface area contributed by atoms with Crippen LogP contribution in [0.1, 0.15) is 24.4 Å². The lowest BCUT2D eigenvalue weighted by atomic mass is 9.94. The smallest absolute Gasteiger partial charge is 0.196 e. The van der Waals surface area contributed by atoms with Crippen LogP contribution in [-0.4, -0.2) is 23.2 Å². The molecular formula is C22H21N3O2. The molecule has 1 fully saturated rings. The zero-order valence-corrected chi connectivity index (χ0v) is 15.0. The lowest BCUT2D eigenvalue weighted by Crippen LogP contribution is -2.16.